The van der Waals surface area contributed by atoms with Gasteiger partial charge < -0.3 is 4.74 Å². The number of cyclic esters (lactones) is 1. The van der Waals surface area contributed by atoms with E-state index >= 15 is 0 Å². The van der Waals surface area contributed by atoms with Crippen LogP contribution in [0.1, 0.15) is 32.6 Å². The Morgan fingerprint density at radius 3 is 3.14 bits per heavy atom. The summed E-state index contributed by atoms with van der Waals surface area (Å²) in [4.78, 5) is 11.5. The molecule has 2 rings (SSSR count). The first-order valence-electron chi connectivity index (χ1n) is 5.66. The highest BCUT2D eigenvalue weighted by Crippen LogP contribution is 2.35. The highest BCUT2D eigenvalue weighted by molar-refractivity contribution is 5.74. The molecular weight excluding hydrogens is 176 g/mol. The van der Waals surface area contributed by atoms with Gasteiger partial charge in [-0.25, -0.2) is 0 Å². The maximum absolute atomic E-state index is 11.5. The van der Waals surface area contributed by atoms with Crippen molar-refractivity contribution in [2.24, 2.45) is 17.8 Å². The van der Waals surface area contributed by atoms with Crippen molar-refractivity contribution in [2.75, 3.05) is 6.61 Å². The SMILES string of the molecule is CCC[C@@H]1C=C[C@@H]2CCOC(=O)[C@@H]2C1. The molecule has 0 amide bonds. The molecule has 1 aliphatic heterocycles. The lowest BCUT2D eigenvalue weighted by molar-refractivity contribution is -0.156. The van der Waals surface area contributed by atoms with Crippen LogP contribution in [0.3, 0.4) is 0 Å². The Labute approximate surface area is 85.3 Å². The minimum absolute atomic E-state index is 0.0340. The molecule has 14 heavy (non-hydrogen) atoms. The zero-order valence-electron chi connectivity index (χ0n) is 8.74. The smallest absolute Gasteiger partial charge is 0.309 e. The molecule has 0 unspecified atom stereocenters. The van der Waals surface area contributed by atoms with Crippen molar-refractivity contribution in [1.82, 2.24) is 0 Å². The average Bonchev–Trinajstić information content (AvgIpc) is 2.20. The van der Waals surface area contributed by atoms with Crippen LogP contribution in [0.2, 0.25) is 0 Å². The van der Waals surface area contributed by atoms with Crippen LogP contribution in [-0.4, -0.2) is 12.6 Å². The summed E-state index contributed by atoms with van der Waals surface area (Å²) in [5, 5.41) is 0. The van der Waals surface area contributed by atoms with Gasteiger partial charge in [0, 0.05) is 0 Å². The van der Waals surface area contributed by atoms with Crippen LogP contribution >= 0.6 is 0 Å². The van der Waals surface area contributed by atoms with E-state index in [2.05, 4.69) is 19.1 Å². The van der Waals surface area contributed by atoms with Gasteiger partial charge in [-0.2, -0.15) is 0 Å². The number of hydrogen-bond donors (Lipinski definition) is 0. The van der Waals surface area contributed by atoms with Gasteiger partial charge in [0.05, 0.1) is 12.5 Å². The van der Waals surface area contributed by atoms with Crippen LogP contribution in [-0.2, 0) is 9.53 Å². The molecule has 0 saturated carbocycles. The van der Waals surface area contributed by atoms with E-state index in [1.165, 1.54) is 12.8 Å². The lowest BCUT2D eigenvalue weighted by atomic mass is 9.75. The number of fused-ring (bicyclic) bond motifs is 1. The van der Waals surface area contributed by atoms with Gasteiger partial charge in [0.2, 0.25) is 0 Å². The summed E-state index contributed by atoms with van der Waals surface area (Å²) in [5.41, 5.74) is 0. The van der Waals surface area contributed by atoms with Crippen molar-refractivity contribution in [2.45, 2.75) is 32.6 Å². The Hall–Kier alpha value is -0.790. The Kier molecular flexibility index (Phi) is 2.90. The van der Waals surface area contributed by atoms with Gasteiger partial charge in [0.1, 0.15) is 0 Å². The van der Waals surface area contributed by atoms with E-state index in [1.54, 1.807) is 0 Å². The summed E-state index contributed by atoms with van der Waals surface area (Å²) in [5.74, 6) is 1.26. The van der Waals surface area contributed by atoms with E-state index in [9.17, 15) is 4.79 Å². The second-order valence-corrected chi connectivity index (χ2v) is 4.40. The molecule has 1 saturated heterocycles. The van der Waals surface area contributed by atoms with Gasteiger partial charge in [0.25, 0.3) is 0 Å². The first-order valence-corrected chi connectivity index (χ1v) is 5.66. The van der Waals surface area contributed by atoms with Gasteiger partial charge in [-0.15, -0.1) is 0 Å². The molecular formula is C12H18O2. The minimum Gasteiger partial charge on any atom is -0.465 e. The van der Waals surface area contributed by atoms with Gasteiger partial charge in [-0.05, 0) is 31.1 Å². The quantitative estimate of drug-likeness (QED) is 0.499. The molecule has 1 aliphatic carbocycles. The molecule has 1 fully saturated rings. The molecule has 3 atom stereocenters. The fourth-order valence-electron chi connectivity index (χ4n) is 2.57. The van der Waals surface area contributed by atoms with E-state index in [0.29, 0.717) is 18.4 Å². The number of rotatable bonds is 2. The molecule has 78 valence electrons. The summed E-state index contributed by atoms with van der Waals surface area (Å²) in [7, 11) is 0. The third kappa shape index (κ3) is 1.84. The van der Waals surface area contributed by atoms with Gasteiger partial charge in [0.15, 0.2) is 0 Å². The molecule has 0 bridgehead atoms. The highest BCUT2D eigenvalue weighted by atomic mass is 16.5. The van der Waals surface area contributed by atoms with Gasteiger partial charge in [-0.3, -0.25) is 4.79 Å². The molecule has 0 aromatic rings. The molecule has 1 heterocycles. The standard InChI is InChI=1S/C12H18O2/c1-2-3-9-4-5-10-6-7-14-12(13)11(10)8-9/h4-5,9-11H,2-3,6-8H2,1H3/t9-,10-,11-/m1/s1. The summed E-state index contributed by atoms with van der Waals surface area (Å²) in [6, 6.07) is 0. The van der Waals surface area contributed by atoms with Crippen molar-refractivity contribution in [3.63, 3.8) is 0 Å². The predicted octanol–water partition coefficient (Wildman–Crippen LogP) is 2.54. The first kappa shape index (κ1) is 9.75. The van der Waals surface area contributed by atoms with Crippen molar-refractivity contribution >= 4 is 5.97 Å². The second kappa shape index (κ2) is 4.16. The van der Waals surface area contributed by atoms with Gasteiger partial charge >= 0.3 is 5.97 Å². The Morgan fingerprint density at radius 2 is 2.36 bits per heavy atom. The summed E-state index contributed by atoms with van der Waals surface area (Å²) in [6.45, 7) is 2.81. The highest BCUT2D eigenvalue weighted by Gasteiger charge is 2.35. The van der Waals surface area contributed by atoms with Crippen LogP contribution < -0.4 is 0 Å². The third-order valence-electron chi connectivity index (χ3n) is 3.36. The van der Waals surface area contributed by atoms with Crippen LogP contribution in [0.25, 0.3) is 0 Å². The molecule has 0 spiro atoms. The number of esters is 1. The topological polar surface area (TPSA) is 26.3 Å². The predicted molar refractivity (Wildman–Crippen MR) is 54.7 cm³/mol. The average molecular weight is 194 g/mol. The fourth-order valence-corrected chi connectivity index (χ4v) is 2.57. The van der Waals surface area contributed by atoms with E-state index in [0.717, 1.165) is 12.8 Å². The molecule has 0 radical (unpaired) electrons. The first-order chi connectivity index (χ1) is 6.81. The van der Waals surface area contributed by atoms with E-state index in [-0.39, 0.29) is 11.9 Å². The lowest BCUT2D eigenvalue weighted by Crippen LogP contribution is -2.34. The molecule has 2 aliphatic rings. The molecule has 0 aromatic heterocycles. The largest absolute Gasteiger partial charge is 0.465 e. The van der Waals surface area contributed by atoms with Crippen molar-refractivity contribution in [3.05, 3.63) is 12.2 Å². The van der Waals surface area contributed by atoms with Crippen molar-refractivity contribution < 1.29 is 9.53 Å². The normalized spacial score (nSPS) is 36.4. The zero-order chi connectivity index (χ0) is 9.97. The number of allylic oxidation sites excluding steroid dienone is 2. The summed E-state index contributed by atoms with van der Waals surface area (Å²) >= 11 is 0. The summed E-state index contributed by atoms with van der Waals surface area (Å²) in [6.07, 6.45) is 8.98. The number of ether oxygens (including phenoxy) is 1. The van der Waals surface area contributed by atoms with E-state index in [4.69, 9.17) is 4.74 Å². The molecule has 2 nitrogen and oxygen atoms in total. The molecule has 0 aromatic carbocycles. The Bertz CT molecular complexity index is 245. The molecule has 2 heteroatoms. The number of carbonyl (C=O) groups is 1. The van der Waals surface area contributed by atoms with Crippen molar-refractivity contribution in [1.29, 1.82) is 0 Å². The van der Waals surface area contributed by atoms with Crippen LogP contribution in [0, 0.1) is 17.8 Å². The second-order valence-electron chi connectivity index (χ2n) is 4.40. The van der Waals surface area contributed by atoms with Crippen LogP contribution in [0.5, 0.6) is 0 Å². The monoisotopic (exact) mass is 194 g/mol. The maximum atomic E-state index is 11.5. The van der Waals surface area contributed by atoms with Crippen LogP contribution in [0.15, 0.2) is 12.2 Å². The maximum Gasteiger partial charge on any atom is 0.309 e. The number of carbonyl (C=O) groups excluding carboxylic acids is 1. The number of hydrogen-bond acceptors (Lipinski definition) is 2. The lowest BCUT2D eigenvalue weighted by Gasteiger charge is -2.33. The van der Waals surface area contributed by atoms with Crippen LogP contribution in [0.4, 0.5) is 0 Å². The van der Waals surface area contributed by atoms with Gasteiger partial charge in [-0.1, -0.05) is 25.5 Å². The van der Waals surface area contributed by atoms with Crippen molar-refractivity contribution in [3.8, 4) is 0 Å². The fraction of sp³-hybridized carbons (Fsp3) is 0.750. The molecule has 0 N–H and O–H groups in total. The Balaban J connectivity index is 2.04. The van der Waals surface area contributed by atoms with E-state index in [1.807, 2.05) is 0 Å². The minimum atomic E-state index is 0.0340. The van der Waals surface area contributed by atoms with E-state index < -0.39 is 0 Å². The summed E-state index contributed by atoms with van der Waals surface area (Å²) < 4.78 is 5.10. The zero-order valence-corrected chi connectivity index (χ0v) is 8.74. The Morgan fingerprint density at radius 1 is 1.50 bits per heavy atom. The third-order valence-corrected chi connectivity index (χ3v) is 3.36.